The first-order chi connectivity index (χ1) is 11.1. The number of sulfone groups is 1. The molecule has 0 fully saturated rings. The lowest BCUT2D eigenvalue weighted by Gasteiger charge is -2.24. The van der Waals surface area contributed by atoms with Crippen LogP contribution in [0, 0.1) is 12.3 Å². The van der Waals surface area contributed by atoms with E-state index in [1.807, 2.05) is 0 Å². The van der Waals surface area contributed by atoms with E-state index in [1.54, 1.807) is 43.3 Å². The Bertz CT molecular complexity index is 691. The van der Waals surface area contributed by atoms with E-state index in [9.17, 15) is 18.6 Å². The molecule has 132 valence electrons. The lowest BCUT2D eigenvalue weighted by atomic mass is 9.95. The van der Waals surface area contributed by atoms with E-state index in [1.165, 1.54) is 13.8 Å². The third kappa shape index (κ3) is 5.79. The maximum Gasteiger partial charge on any atom is 0.185 e. The highest BCUT2D eigenvalue weighted by Gasteiger charge is 2.26. The predicted molar refractivity (Wildman–Crippen MR) is 96.2 cm³/mol. The Morgan fingerprint density at radius 2 is 1.92 bits per heavy atom. The number of aliphatic hydroxyl groups excluding tert-OH is 1. The zero-order valence-electron chi connectivity index (χ0n) is 14.4. The fourth-order valence-corrected chi connectivity index (χ4v) is 3.89. The Hall–Kier alpha value is -1.61. The van der Waals surface area contributed by atoms with Crippen LogP contribution in [0.1, 0.15) is 40.0 Å². The van der Waals surface area contributed by atoms with E-state index in [4.69, 9.17) is 6.42 Å². The third-order valence-electron chi connectivity index (χ3n) is 3.89. The molecule has 0 aromatic heterocycles. The van der Waals surface area contributed by atoms with E-state index in [-0.39, 0.29) is 11.3 Å². The van der Waals surface area contributed by atoms with Crippen LogP contribution in [0.25, 0.3) is 0 Å². The fourth-order valence-electron chi connectivity index (χ4n) is 2.28. The fraction of sp³-hybridized carbons (Fsp3) is 0.474. The summed E-state index contributed by atoms with van der Waals surface area (Å²) in [5.74, 6) is 2.43. The van der Waals surface area contributed by atoms with Crippen molar-refractivity contribution in [2.75, 3.05) is 0 Å². The average molecular weight is 350 g/mol. The first-order valence-corrected chi connectivity index (χ1v) is 9.43. The second kappa shape index (κ2) is 8.48. The van der Waals surface area contributed by atoms with Gasteiger partial charge in [-0.25, -0.2) is 8.42 Å². The highest BCUT2D eigenvalue weighted by molar-refractivity contribution is 7.92. The molecule has 5 heteroatoms. The van der Waals surface area contributed by atoms with Crippen molar-refractivity contribution in [2.24, 2.45) is 0 Å². The summed E-state index contributed by atoms with van der Waals surface area (Å²) in [7, 11) is -3.56. The summed E-state index contributed by atoms with van der Waals surface area (Å²) in [6.45, 7) is 4.89. The van der Waals surface area contributed by atoms with Crippen molar-refractivity contribution in [2.45, 2.75) is 61.9 Å². The minimum atomic E-state index is -3.56. The molecule has 2 atom stereocenters. The van der Waals surface area contributed by atoms with Gasteiger partial charge >= 0.3 is 0 Å². The number of terminal acetylenes is 1. The zero-order valence-corrected chi connectivity index (χ0v) is 15.3. The number of aliphatic hydroxyl groups is 2. The van der Waals surface area contributed by atoms with E-state index >= 15 is 0 Å². The summed E-state index contributed by atoms with van der Waals surface area (Å²) in [5, 5.41) is 18.8. The quantitative estimate of drug-likeness (QED) is 0.558. The van der Waals surface area contributed by atoms with Crippen molar-refractivity contribution in [3.63, 3.8) is 0 Å². The smallest absolute Gasteiger partial charge is 0.185 e. The van der Waals surface area contributed by atoms with Crippen LogP contribution in [0.2, 0.25) is 0 Å². The maximum absolute atomic E-state index is 12.7. The van der Waals surface area contributed by atoms with E-state index in [0.717, 1.165) is 5.57 Å². The summed E-state index contributed by atoms with van der Waals surface area (Å²) in [5.41, 5.74) is -0.368. The third-order valence-corrected chi connectivity index (χ3v) is 5.92. The van der Waals surface area contributed by atoms with Gasteiger partial charge in [0.1, 0.15) is 0 Å². The standard InChI is InChI=1S/C19H26O4S/c1-5-9-17(24(22,23)16-10-7-6-8-11-16)14-15(2)12-13-18(20)19(3,4)21/h1,6-8,10-11,14,17-18,20-21H,9,12-13H2,2-4H3/b15-14+. The number of rotatable bonds is 8. The molecule has 0 aliphatic carbocycles. The van der Waals surface area contributed by atoms with Crippen LogP contribution in [0.3, 0.4) is 0 Å². The van der Waals surface area contributed by atoms with Gasteiger partial charge < -0.3 is 10.2 Å². The van der Waals surface area contributed by atoms with Crippen LogP contribution >= 0.6 is 0 Å². The highest BCUT2D eigenvalue weighted by Crippen LogP contribution is 2.22. The molecule has 2 unspecified atom stereocenters. The van der Waals surface area contributed by atoms with Crippen molar-refractivity contribution in [1.29, 1.82) is 0 Å². The van der Waals surface area contributed by atoms with Crippen molar-refractivity contribution in [3.05, 3.63) is 42.0 Å². The normalized spacial score (nSPS) is 15.6. The number of hydrogen-bond acceptors (Lipinski definition) is 4. The van der Waals surface area contributed by atoms with Gasteiger partial charge in [0.2, 0.25) is 0 Å². The van der Waals surface area contributed by atoms with Gasteiger partial charge in [0.15, 0.2) is 9.84 Å². The van der Waals surface area contributed by atoms with Crippen LogP contribution in [0.15, 0.2) is 46.9 Å². The van der Waals surface area contributed by atoms with Crippen molar-refractivity contribution >= 4 is 9.84 Å². The zero-order chi connectivity index (χ0) is 18.4. The summed E-state index contributed by atoms with van der Waals surface area (Å²) in [6, 6.07) is 8.22. The number of benzene rings is 1. The molecule has 1 aromatic rings. The number of allylic oxidation sites excluding steroid dienone is 1. The van der Waals surface area contributed by atoms with Crippen LogP contribution in [0.4, 0.5) is 0 Å². The highest BCUT2D eigenvalue weighted by atomic mass is 32.2. The Balaban J connectivity index is 2.95. The van der Waals surface area contributed by atoms with Gasteiger partial charge in [-0.3, -0.25) is 0 Å². The average Bonchev–Trinajstić information content (AvgIpc) is 2.52. The minimum Gasteiger partial charge on any atom is -0.390 e. The molecule has 24 heavy (non-hydrogen) atoms. The Labute approximate surface area is 145 Å². The van der Waals surface area contributed by atoms with Gasteiger partial charge in [-0.05, 0) is 45.7 Å². The molecule has 1 rings (SSSR count). The van der Waals surface area contributed by atoms with Gasteiger partial charge in [0.25, 0.3) is 0 Å². The molecule has 0 heterocycles. The Morgan fingerprint density at radius 3 is 2.42 bits per heavy atom. The molecule has 0 saturated carbocycles. The maximum atomic E-state index is 12.7. The van der Waals surface area contributed by atoms with Crippen molar-refractivity contribution in [1.82, 2.24) is 0 Å². The molecule has 0 spiro atoms. The van der Waals surface area contributed by atoms with E-state index < -0.39 is 26.8 Å². The molecule has 2 N–H and O–H groups in total. The number of hydrogen-bond donors (Lipinski definition) is 2. The van der Waals surface area contributed by atoms with Crippen LogP contribution in [-0.2, 0) is 9.84 Å². The molecule has 0 aliphatic heterocycles. The lowest BCUT2D eigenvalue weighted by molar-refractivity contribution is -0.0509. The largest absolute Gasteiger partial charge is 0.390 e. The molecule has 4 nitrogen and oxygen atoms in total. The second-order valence-corrected chi connectivity index (χ2v) is 8.69. The summed E-state index contributed by atoms with van der Waals surface area (Å²) in [4.78, 5) is 0.242. The first kappa shape index (κ1) is 20.4. The molecule has 0 radical (unpaired) electrons. The van der Waals surface area contributed by atoms with E-state index in [2.05, 4.69) is 5.92 Å². The van der Waals surface area contributed by atoms with Gasteiger partial charge in [0, 0.05) is 6.42 Å². The Morgan fingerprint density at radius 1 is 1.33 bits per heavy atom. The summed E-state index contributed by atoms with van der Waals surface area (Å²) in [6.07, 6.45) is 7.03. The van der Waals surface area contributed by atoms with Gasteiger partial charge in [-0.15, -0.1) is 12.3 Å². The summed E-state index contributed by atoms with van der Waals surface area (Å²) >= 11 is 0. The first-order valence-electron chi connectivity index (χ1n) is 7.89. The monoisotopic (exact) mass is 350 g/mol. The lowest BCUT2D eigenvalue weighted by Crippen LogP contribution is -2.35. The SMILES string of the molecule is C#CCC(/C=C(\C)CCC(O)C(C)(C)O)S(=O)(=O)c1ccccc1. The molecular formula is C19H26O4S. The van der Waals surface area contributed by atoms with Gasteiger partial charge in [0.05, 0.1) is 21.9 Å². The van der Waals surface area contributed by atoms with Crippen LogP contribution < -0.4 is 0 Å². The Kier molecular flexibility index (Phi) is 7.22. The summed E-state index contributed by atoms with van der Waals surface area (Å²) < 4.78 is 25.5. The predicted octanol–water partition coefficient (Wildman–Crippen LogP) is 2.71. The molecule has 0 saturated heterocycles. The molecule has 0 amide bonds. The second-order valence-electron chi connectivity index (χ2n) is 6.53. The molecule has 1 aromatic carbocycles. The molecular weight excluding hydrogens is 324 g/mol. The van der Waals surface area contributed by atoms with E-state index in [0.29, 0.717) is 12.8 Å². The van der Waals surface area contributed by atoms with Crippen molar-refractivity contribution in [3.8, 4) is 12.3 Å². The molecule has 0 aliphatic rings. The topological polar surface area (TPSA) is 74.6 Å². The molecule has 0 bridgehead atoms. The van der Waals surface area contributed by atoms with Crippen molar-refractivity contribution < 1.29 is 18.6 Å². The minimum absolute atomic E-state index is 0.0859. The van der Waals surface area contributed by atoms with Gasteiger partial charge in [-0.2, -0.15) is 0 Å². The van der Waals surface area contributed by atoms with Crippen LogP contribution in [-0.4, -0.2) is 35.6 Å². The van der Waals surface area contributed by atoms with Gasteiger partial charge in [-0.1, -0.05) is 29.8 Å². The van der Waals surface area contributed by atoms with Crippen LogP contribution in [0.5, 0.6) is 0 Å².